The number of piperazine rings is 1. The molecule has 1 N–H and O–H groups in total. The van der Waals surface area contributed by atoms with Crippen LogP contribution < -0.4 is 4.90 Å². The van der Waals surface area contributed by atoms with Gasteiger partial charge < -0.3 is 9.88 Å². The summed E-state index contributed by atoms with van der Waals surface area (Å²) in [6, 6.07) is 6.48. The number of aromatic nitrogens is 3. The topological polar surface area (TPSA) is 65.1 Å². The van der Waals surface area contributed by atoms with Gasteiger partial charge in [0.15, 0.2) is 5.78 Å². The van der Waals surface area contributed by atoms with Crippen LogP contribution in [-0.4, -0.2) is 58.4 Å². The lowest BCUT2D eigenvalue weighted by Gasteiger charge is -2.34. The van der Waals surface area contributed by atoms with Crippen molar-refractivity contribution in [3.8, 4) is 0 Å². The number of benzene rings is 1. The zero-order valence-corrected chi connectivity index (χ0v) is 16.4. The van der Waals surface area contributed by atoms with Crippen LogP contribution in [0.5, 0.6) is 0 Å². The number of rotatable bonds is 4. The van der Waals surface area contributed by atoms with Crippen LogP contribution in [0.1, 0.15) is 27.4 Å². The van der Waals surface area contributed by atoms with Gasteiger partial charge in [-0.3, -0.25) is 9.69 Å². The Morgan fingerprint density at radius 2 is 1.75 bits per heavy atom. The van der Waals surface area contributed by atoms with Gasteiger partial charge in [0.1, 0.15) is 5.82 Å². The number of hydrogen-bond acceptors (Lipinski definition) is 5. The molecule has 1 aromatic carbocycles. The van der Waals surface area contributed by atoms with Crippen LogP contribution in [0.3, 0.4) is 0 Å². The predicted molar refractivity (Wildman–Crippen MR) is 107 cm³/mol. The van der Waals surface area contributed by atoms with Crippen LogP contribution in [0.25, 0.3) is 10.9 Å². The third kappa shape index (κ3) is 3.62. The average Bonchev–Trinajstić information content (AvgIpc) is 2.96. The van der Waals surface area contributed by atoms with Crippen molar-refractivity contribution in [2.45, 2.75) is 20.8 Å². The molecule has 0 aliphatic carbocycles. The van der Waals surface area contributed by atoms with E-state index in [0.717, 1.165) is 54.7 Å². The fourth-order valence-electron chi connectivity index (χ4n) is 3.90. The van der Waals surface area contributed by atoms with Gasteiger partial charge >= 0.3 is 0 Å². The average molecular weight is 381 g/mol. The summed E-state index contributed by atoms with van der Waals surface area (Å²) in [4.78, 5) is 29.5. The molecule has 1 fully saturated rings. The maximum Gasteiger partial charge on any atom is 0.225 e. The van der Waals surface area contributed by atoms with E-state index in [1.165, 1.54) is 12.1 Å². The van der Waals surface area contributed by atoms with Crippen LogP contribution in [-0.2, 0) is 0 Å². The highest BCUT2D eigenvalue weighted by atomic mass is 19.1. The normalized spacial score (nSPS) is 15.4. The number of Topliss-reactive ketones (excluding diaryl/α,β-unsaturated/α-hetero) is 1. The molecular weight excluding hydrogens is 357 g/mol. The molecule has 3 heterocycles. The van der Waals surface area contributed by atoms with Gasteiger partial charge in [-0.15, -0.1) is 0 Å². The Bertz CT molecular complexity index is 1020. The Labute approximate surface area is 163 Å². The van der Waals surface area contributed by atoms with Crippen molar-refractivity contribution >= 4 is 22.6 Å². The number of hydrogen-bond donors (Lipinski definition) is 1. The molecule has 1 aliphatic heterocycles. The van der Waals surface area contributed by atoms with Crippen molar-refractivity contribution in [2.24, 2.45) is 0 Å². The first-order valence-corrected chi connectivity index (χ1v) is 9.51. The smallest absolute Gasteiger partial charge is 0.225 e. The van der Waals surface area contributed by atoms with Gasteiger partial charge in [-0.1, -0.05) is 0 Å². The van der Waals surface area contributed by atoms with E-state index in [2.05, 4.69) is 24.8 Å². The minimum atomic E-state index is -0.331. The van der Waals surface area contributed by atoms with Crippen LogP contribution >= 0.6 is 0 Å². The summed E-state index contributed by atoms with van der Waals surface area (Å²) in [5.41, 5.74) is 4.09. The Kier molecular flexibility index (Phi) is 4.85. The van der Waals surface area contributed by atoms with Crippen LogP contribution in [0.4, 0.5) is 10.3 Å². The molecule has 7 heteroatoms. The minimum absolute atomic E-state index is 0.0189. The summed E-state index contributed by atoms with van der Waals surface area (Å²) in [6.45, 7) is 9.20. The van der Waals surface area contributed by atoms with Gasteiger partial charge in [0.05, 0.1) is 6.54 Å². The van der Waals surface area contributed by atoms with E-state index < -0.39 is 0 Å². The molecule has 6 nitrogen and oxygen atoms in total. The number of carbonyl (C=O) groups is 1. The molecule has 0 saturated carbocycles. The second-order valence-electron chi connectivity index (χ2n) is 7.45. The molecule has 0 unspecified atom stereocenters. The lowest BCUT2D eigenvalue weighted by molar-refractivity contribution is 0.0927. The molecule has 1 saturated heterocycles. The number of aromatic amines is 1. The Balaban J connectivity index is 1.44. The standard InChI is InChI=1S/C21H24FN5O/c1-13-10-14(2)24-21(23-13)27-8-6-26(7-9-27)12-19(28)20-15(3)25-18-5-4-16(22)11-17(18)20/h4-5,10-11,25H,6-9,12H2,1-3H3. The van der Waals surface area contributed by atoms with Gasteiger partial charge in [-0.05, 0) is 45.0 Å². The third-order valence-electron chi connectivity index (χ3n) is 5.22. The molecule has 146 valence electrons. The maximum absolute atomic E-state index is 13.7. The summed E-state index contributed by atoms with van der Waals surface area (Å²) in [5.74, 6) is 0.444. The number of ketones is 1. The Hall–Kier alpha value is -2.80. The van der Waals surface area contributed by atoms with Crippen molar-refractivity contribution in [1.29, 1.82) is 0 Å². The summed E-state index contributed by atoms with van der Waals surface area (Å²) in [5, 5.41) is 0.657. The number of halogens is 1. The van der Waals surface area contributed by atoms with E-state index in [9.17, 15) is 9.18 Å². The predicted octanol–water partition coefficient (Wildman–Crippen LogP) is 3.03. The number of nitrogens with zero attached hydrogens (tertiary/aromatic N) is 4. The molecule has 0 radical (unpaired) electrons. The van der Waals surface area contributed by atoms with Gasteiger partial charge in [-0.25, -0.2) is 14.4 Å². The number of H-pyrrole nitrogens is 1. The fraction of sp³-hybridized carbons (Fsp3) is 0.381. The minimum Gasteiger partial charge on any atom is -0.358 e. The van der Waals surface area contributed by atoms with E-state index in [1.54, 1.807) is 6.07 Å². The van der Waals surface area contributed by atoms with Crippen molar-refractivity contribution in [2.75, 3.05) is 37.6 Å². The van der Waals surface area contributed by atoms with E-state index in [1.807, 2.05) is 26.8 Å². The molecule has 0 bridgehead atoms. The SMILES string of the molecule is Cc1cc(C)nc(N2CCN(CC(=O)c3c(C)[nH]c4ccc(F)cc34)CC2)n1. The number of carbonyl (C=O) groups excluding carboxylic acids is 1. The van der Waals surface area contributed by atoms with Crippen molar-refractivity contribution < 1.29 is 9.18 Å². The molecule has 1 aliphatic rings. The Morgan fingerprint density at radius 1 is 1.07 bits per heavy atom. The van der Waals surface area contributed by atoms with Crippen molar-refractivity contribution in [3.05, 3.63) is 52.7 Å². The molecule has 0 spiro atoms. The van der Waals surface area contributed by atoms with Crippen molar-refractivity contribution in [1.82, 2.24) is 19.9 Å². The number of aryl methyl sites for hydroxylation is 3. The summed E-state index contributed by atoms with van der Waals surface area (Å²) in [6.07, 6.45) is 0. The highest BCUT2D eigenvalue weighted by Gasteiger charge is 2.23. The zero-order chi connectivity index (χ0) is 19.8. The Morgan fingerprint density at radius 3 is 2.43 bits per heavy atom. The summed E-state index contributed by atoms with van der Waals surface area (Å²) >= 11 is 0. The highest BCUT2D eigenvalue weighted by molar-refractivity contribution is 6.10. The number of fused-ring (bicyclic) bond motifs is 1. The molecule has 28 heavy (non-hydrogen) atoms. The first kappa shape index (κ1) is 18.6. The monoisotopic (exact) mass is 381 g/mol. The van der Waals surface area contributed by atoms with Gasteiger partial charge in [-0.2, -0.15) is 0 Å². The van der Waals surface area contributed by atoms with Gasteiger partial charge in [0, 0.05) is 59.7 Å². The van der Waals surface area contributed by atoms with E-state index in [-0.39, 0.29) is 11.6 Å². The number of nitrogens with one attached hydrogen (secondary N) is 1. The molecule has 0 atom stereocenters. The van der Waals surface area contributed by atoms with Crippen LogP contribution in [0.2, 0.25) is 0 Å². The van der Waals surface area contributed by atoms with E-state index in [4.69, 9.17) is 0 Å². The maximum atomic E-state index is 13.7. The highest BCUT2D eigenvalue weighted by Crippen LogP contribution is 2.24. The lowest BCUT2D eigenvalue weighted by atomic mass is 10.1. The summed E-state index contributed by atoms with van der Waals surface area (Å²) in [7, 11) is 0. The molecule has 0 amide bonds. The van der Waals surface area contributed by atoms with Gasteiger partial charge in [0.25, 0.3) is 0 Å². The van der Waals surface area contributed by atoms with Crippen LogP contribution in [0, 0.1) is 26.6 Å². The van der Waals surface area contributed by atoms with Crippen LogP contribution in [0.15, 0.2) is 24.3 Å². The first-order valence-electron chi connectivity index (χ1n) is 9.51. The second kappa shape index (κ2) is 7.31. The number of anilines is 1. The fourth-order valence-corrected chi connectivity index (χ4v) is 3.90. The third-order valence-corrected chi connectivity index (χ3v) is 5.22. The molecule has 4 rings (SSSR count). The van der Waals surface area contributed by atoms with E-state index >= 15 is 0 Å². The quantitative estimate of drug-likeness (QED) is 0.704. The summed E-state index contributed by atoms with van der Waals surface area (Å²) < 4.78 is 13.7. The van der Waals surface area contributed by atoms with E-state index in [0.29, 0.717) is 17.5 Å². The molecule has 2 aromatic heterocycles. The lowest BCUT2D eigenvalue weighted by Crippen LogP contribution is -2.48. The zero-order valence-electron chi connectivity index (χ0n) is 16.4. The second-order valence-corrected chi connectivity index (χ2v) is 7.45. The van der Waals surface area contributed by atoms with Gasteiger partial charge in [0.2, 0.25) is 5.95 Å². The first-order chi connectivity index (χ1) is 13.4. The largest absolute Gasteiger partial charge is 0.358 e. The molecular formula is C21H24FN5O. The molecule has 3 aromatic rings. The van der Waals surface area contributed by atoms with Crippen molar-refractivity contribution in [3.63, 3.8) is 0 Å².